The first-order valence-electron chi connectivity index (χ1n) is 10.5. The van der Waals surface area contributed by atoms with Crippen LogP contribution in [-0.2, 0) is 4.79 Å². The predicted octanol–water partition coefficient (Wildman–Crippen LogP) is 3.59. The molecular weight excluding hydrogens is 338 g/mol. The molecule has 148 valence electrons. The lowest BCUT2D eigenvalue weighted by Gasteiger charge is -2.31. The number of amides is 2. The number of nitrogens with zero attached hydrogens (tertiary/aromatic N) is 1. The number of likely N-dealkylation sites (tertiary alicyclic amines) is 1. The number of aryl methyl sites for hydroxylation is 1. The summed E-state index contributed by atoms with van der Waals surface area (Å²) >= 11 is 0. The normalized spacial score (nSPS) is 18.3. The summed E-state index contributed by atoms with van der Waals surface area (Å²) in [6.07, 6.45) is 6.77. The van der Waals surface area contributed by atoms with Crippen LogP contribution in [0.25, 0.3) is 0 Å². The van der Waals surface area contributed by atoms with Crippen molar-refractivity contribution in [2.24, 2.45) is 11.8 Å². The Morgan fingerprint density at radius 2 is 1.89 bits per heavy atom. The van der Waals surface area contributed by atoms with Crippen LogP contribution in [0.4, 0.5) is 5.69 Å². The molecule has 0 radical (unpaired) electrons. The average molecular weight is 372 g/mol. The molecule has 0 aromatic heterocycles. The number of piperidine rings is 1. The number of rotatable bonds is 8. The molecule has 5 heteroatoms. The van der Waals surface area contributed by atoms with Crippen molar-refractivity contribution < 1.29 is 9.59 Å². The fourth-order valence-corrected chi connectivity index (χ4v) is 3.61. The van der Waals surface area contributed by atoms with E-state index >= 15 is 0 Å². The summed E-state index contributed by atoms with van der Waals surface area (Å²) < 4.78 is 0. The van der Waals surface area contributed by atoms with Crippen LogP contribution in [-0.4, -0.2) is 42.9 Å². The van der Waals surface area contributed by atoms with Crippen molar-refractivity contribution in [3.63, 3.8) is 0 Å². The number of nitrogens with one attached hydrogen (secondary N) is 2. The third-order valence-corrected chi connectivity index (χ3v) is 5.79. The number of carbonyl (C=O) groups is 2. The molecule has 2 fully saturated rings. The Hall–Kier alpha value is -1.88. The van der Waals surface area contributed by atoms with Gasteiger partial charge in [-0.1, -0.05) is 19.4 Å². The molecule has 1 saturated carbocycles. The predicted molar refractivity (Wildman–Crippen MR) is 109 cm³/mol. The molecule has 3 rings (SSSR count). The van der Waals surface area contributed by atoms with Gasteiger partial charge in [0.1, 0.15) is 0 Å². The van der Waals surface area contributed by atoms with Gasteiger partial charge < -0.3 is 15.5 Å². The van der Waals surface area contributed by atoms with E-state index in [0.29, 0.717) is 11.5 Å². The van der Waals surface area contributed by atoms with Gasteiger partial charge in [0.25, 0.3) is 5.91 Å². The zero-order valence-electron chi connectivity index (χ0n) is 16.7. The minimum atomic E-state index is -0.0506. The van der Waals surface area contributed by atoms with E-state index in [4.69, 9.17) is 0 Å². The van der Waals surface area contributed by atoms with E-state index in [1.807, 2.05) is 19.1 Å². The largest absolute Gasteiger partial charge is 0.352 e. The van der Waals surface area contributed by atoms with Gasteiger partial charge in [0.2, 0.25) is 5.91 Å². The smallest absolute Gasteiger partial charge is 0.251 e. The lowest BCUT2D eigenvalue weighted by atomic mass is 9.96. The highest BCUT2D eigenvalue weighted by Crippen LogP contribution is 2.30. The summed E-state index contributed by atoms with van der Waals surface area (Å²) in [5.41, 5.74) is 2.36. The third kappa shape index (κ3) is 5.80. The van der Waals surface area contributed by atoms with Crippen LogP contribution < -0.4 is 10.6 Å². The number of carbonyl (C=O) groups excluding carboxylic acids is 2. The first-order chi connectivity index (χ1) is 13.1. The summed E-state index contributed by atoms with van der Waals surface area (Å²) in [6, 6.07) is 5.55. The highest BCUT2D eigenvalue weighted by Gasteiger charge is 2.30. The topological polar surface area (TPSA) is 61.4 Å². The van der Waals surface area contributed by atoms with E-state index in [1.54, 1.807) is 6.07 Å². The molecule has 1 heterocycles. The quantitative estimate of drug-likeness (QED) is 0.734. The third-order valence-electron chi connectivity index (χ3n) is 5.79. The molecule has 1 aromatic carbocycles. The second-order valence-corrected chi connectivity index (χ2v) is 8.14. The molecule has 0 bridgehead atoms. The van der Waals surface area contributed by atoms with Gasteiger partial charge >= 0.3 is 0 Å². The molecule has 1 saturated heterocycles. The van der Waals surface area contributed by atoms with Gasteiger partial charge in [-0.3, -0.25) is 9.59 Å². The second-order valence-electron chi connectivity index (χ2n) is 8.14. The fourth-order valence-electron chi connectivity index (χ4n) is 3.61. The maximum absolute atomic E-state index is 12.6. The maximum Gasteiger partial charge on any atom is 0.251 e. The average Bonchev–Trinajstić information content (AvgIpc) is 3.52. The highest BCUT2D eigenvalue weighted by atomic mass is 16.2. The molecule has 27 heavy (non-hydrogen) atoms. The molecule has 0 unspecified atom stereocenters. The first kappa shape index (κ1) is 19.9. The number of hydrogen-bond acceptors (Lipinski definition) is 3. The van der Waals surface area contributed by atoms with Gasteiger partial charge in [-0.2, -0.15) is 0 Å². The van der Waals surface area contributed by atoms with Crippen molar-refractivity contribution in [3.05, 3.63) is 29.3 Å². The van der Waals surface area contributed by atoms with E-state index in [9.17, 15) is 9.59 Å². The van der Waals surface area contributed by atoms with Gasteiger partial charge in [-0.05, 0) is 82.3 Å². The number of unbranched alkanes of at least 4 members (excludes halogenated alkanes) is 1. The Balaban J connectivity index is 1.47. The van der Waals surface area contributed by atoms with Crippen molar-refractivity contribution in [3.8, 4) is 0 Å². The van der Waals surface area contributed by atoms with Crippen LogP contribution >= 0.6 is 0 Å². The standard InChI is InChI=1S/C22H33N3O2/c1-3-4-11-25-12-9-17(10-13-25)15-23-21(26)19-6-5-16(2)20(14-19)24-22(27)18-7-8-18/h5-6,14,17-18H,3-4,7-13,15H2,1-2H3,(H,23,26)(H,24,27). The molecule has 0 spiro atoms. The van der Waals surface area contributed by atoms with E-state index in [2.05, 4.69) is 22.5 Å². The van der Waals surface area contributed by atoms with Gasteiger partial charge in [-0.25, -0.2) is 0 Å². The van der Waals surface area contributed by atoms with E-state index < -0.39 is 0 Å². The van der Waals surface area contributed by atoms with Gasteiger partial charge in [0, 0.05) is 23.7 Å². The minimum Gasteiger partial charge on any atom is -0.352 e. The lowest BCUT2D eigenvalue weighted by molar-refractivity contribution is -0.117. The van der Waals surface area contributed by atoms with Crippen molar-refractivity contribution in [2.75, 3.05) is 31.5 Å². The SMILES string of the molecule is CCCCN1CCC(CNC(=O)c2ccc(C)c(NC(=O)C3CC3)c2)CC1. The summed E-state index contributed by atoms with van der Waals surface area (Å²) in [7, 11) is 0. The van der Waals surface area contributed by atoms with Crippen LogP contribution in [0, 0.1) is 18.8 Å². The van der Waals surface area contributed by atoms with Crippen LogP contribution in [0.15, 0.2) is 18.2 Å². The zero-order valence-corrected chi connectivity index (χ0v) is 16.7. The molecular formula is C22H33N3O2. The molecule has 2 N–H and O–H groups in total. The van der Waals surface area contributed by atoms with Gasteiger partial charge in [-0.15, -0.1) is 0 Å². The molecule has 5 nitrogen and oxygen atoms in total. The van der Waals surface area contributed by atoms with E-state index in [-0.39, 0.29) is 17.7 Å². The lowest BCUT2D eigenvalue weighted by Crippen LogP contribution is -2.39. The Labute approximate surface area is 162 Å². The van der Waals surface area contributed by atoms with E-state index in [0.717, 1.165) is 56.6 Å². The van der Waals surface area contributed by atoms with Crippen molar-refractivity contribution in [2.45, 2.75) is 52.4 Å². The van der Waals surface area contributed by atoms with Gasteiger partial charge in [0.05, 0.1) is 0 Å². The van der Waals surface area contributed by atoms with Gasteiger partial charge in [0.15, 0.2) is 0 Å². The van der Waals surface area contributed by atoms with Crippen LogP contribution in [0.2, 0.25) is 0 Å². The Morgan fingerprint density at radius 3 is 2.56 bits per heavy atom. The zero-order chi connectivity index (χ0) is 19.2. The summed E-state index contributed by atoms with van der Waals surface area (Å²) in [5, 5.41) is 6.06. The van der Waals surface area contributed by atoms with Crippen LogP contribution in [0.1, 0.15) is 61.4 Å². The summed E-state index contributed by atoms with van der Waals surface area (Å²) in [5.74, 6) is 0.743. The van der Waals surface area contributed by atoms with Crippen molar-refractivity contribution >= 4 is 17.5 Å². The fraction of sp³-hybridized carbons (Fsp3) is 0.636. The monoisotopic (exact) mass is 371 g/mol. The number of hydrogen-bond donors (Lipinski definition) is 2. The van der Waals surface area contributed by atoms with Crippen molar-refractivity contribution in [1.29, 1.82) is 0 Å². The minimum absolute atomic E-state index is 0.0506. The molecule has 1 aliphatic heterocycles. The Morgan fingerprint density at radius 1 is 1.15 bits per heavy atom. The number of benzene rings is 1. The Bertz CT molecular complexity index is 662. The molecule has 1 aliphatic carbocycles. The van der Waals surface area contributed by atoms with Crippen LogP contribution in [0.5, 0.6) is 0 Å². The maximum atomic E-state index is 12.6. The molecule has 2 aliphatic rings. The molecule has 0 atom stereocenters. The second kappa shape index (κ2) is 9.36. The number of anilines is 1. The van der Waals surface area contributed by atoms with Crippen molar-refractivity contribution in [1.82, 2.24) is 10.2 Å². The van der Waals surface area contributed by atoms with Crippen LogP contribution in [0.3, 0.4) is 0 Å². The first-order valence-corrected chi connectivity index (χ1v) is 10.5. The summed E-state index contributed by atoms with van der Waals surface area (Å²) in [6.45, 7) is 8.41. The molecule has 2 amide bonds. The molecule has 1 aromatic rings. The van der Waals surface area contributed by atoms with E-state index in [1.165, 1.54) is 19.4 Å². The Kier molecular flexibility index (Phi) is 6.89. The highest BCUT2D eigenvalue weighted by molar-refractivity contribution is 5.98. The summed E-state index contributed by atoms with van der Waals surface area (Å²) in [4.78, 5) is 27.1.